The third-order valence-corrected chi connectivity index (χ3v) is 3.62. The van der Waals surface area contributed by atoms with Gasteiger partial charge < -0.3 is 4.74 Å². The van der Waals surface area contributed by atoms with Crippen molar-refractivity contribution in [3.8, 4) is 5.75 Å². The number of hydrogen-bond donors (Lipinski definition) is 0. The number of halogens is 1. The molecule has 0 unspecified atom stereocenters. The van der Waals surface area contributed by atoms with E-state index >= 15 is 0 Å². The summed E-state index contributed by atoms with van der Waals surface area (Å²) < 4.78 is 18.2. The average Bonchev–Trinajstić information content (AvgIpc) is 1.99. The average molecular weight is 193 g/mol. The zero-order valence-electron chi connectivity index (χ0n) is 8.09. The molecule has 0 spiro atoms. The van der Waals surface area contributed by atoms with Crippen molar-refractivity contribution in [2.24, 2.45) is 5.92 Å². The van der Waals surface area contributed by atoms with Gasteiger partial charge in [-0.2, -0.15) is 4.39 Å². The number of ether oxygens (including phenoxy) is 1. The number of methoxy groups -OCH3 is 1. The molecule has 3 saturated carbocycles. The SMILES string of the molecule is COc1ccc(C23CC(C2)C3)nc1F. The zero-order chi connectivity index (χ0) is 9.76. The van der Waals surface area contributed by atoms with Gasteiger partial charge in [0.2, 0.25) is 0 Å². The molecular formula is C11H12FNO. The number of nitrogens with zero attached hydrogens (tertiary/aromatic N) is 1. The summed E-state index contributed by atoms with van der Waals surface area (Å²) in [5.41, 5.74) is 1.15. The molecule has 3 fully saturated rings. The summed E-state index contributed by atoms with van der Waals surface area (Å²) in [4.78, 5) is 3.98. The summed E-state index contributed by atoms with van der Waals surface area (Å²) in [7, 11) is 1.46. The summed E-state index contributed by atoms with van der Waals surface area (Å²) in [6.45, 7) is 0. The van der Waals surface area contributed by atoms with Crippen LogP contribution in [-0.2, 0) is 5.41 Å². The highest BCUT2D eigenvalue weighted by molar-refractivity contribution is 5.33. The van der Waals surface area contributed by atoms with Crippen LogP contribution in [0.15, 0.2) is 12.1 Å². The van der Waals surface area contributed by atoms with E-state index in [9.17, 15) is 4.39 Å². The van der Waals surface area contributed by atoms with Crippen LogP contribution in [-0.4, -0.2) is 12.1 Å². The predicted octanol–water partition coefficient (Wildman–Crippen LogP) is 2.28. The van der Waals surface area contributed by atoms with Crippen LogP contribution in [0.5, 0.6) is 5.75 Å². The standard InChI is InChI=1S/C11H12FNO/c1-14-8-2-3-9(13-10(8)12)11-4-7(5-11)6-11/h2-3,7H,4-6H2,1H3. The van der Waals surface area contributed by atoms with Crippen LogP contribution < -0.4 is 4.74 Å². The third-order valence-electron chi connectivity index (χ3n) is 3.62. The van der Waals surface area contributed by atoms with Gasteiger partial charge in [-0.15, -0.1) is 0 Å². The molecule has 74 valence electrons. The first kappa shape index (κ1) is 8.21. The predicted molar refractivity (Wildman–Crippen MR) is 49.8 cm³/mol. The fourth-order valence-corrected chi connectivity index (χ4v) is 2.66. The first-order chi connectivity index (χ1) is 6.73. The highest BCUT2D eigenvalue weighted by Crippen LogP contribution is 2.64. The minimum atomic E-state index is -0.477. The minimum Gasteiger partial charge on any atom is -0.492 e. The van der Waals surface area contributed by atoms with Crippen molar-refractivity contribution in [3.63, 3.8) is 0 Å². The molecular weight excluding hydrogens is 181 g/mol. The van der Waals surface area contributed by atoms with Gasteiger partial charge in [-0.3, -0.25) is 0 Å². The summed E-state index contributed by atoms with van der Waals surface area (Å²) in [5, 5.41) is 0. The molecule has 4 rings (SSSR count). The fraction of sp³-hybridized carbons (Fsp3) is 0.545. The second-order valence-corrected chi connectivity index (χ2v) is 4.45. The van der Waals surface area contributed by atoms with Crippen LogP contribution in [0.3, 0.4) is 0 Å². The second-order valence-electron chi connectivity index (χ2n) is 4.45. The van der Waals surface area contributed by atoms with E-state index in [-0.39, 0.29) is 11.2 Å². The first-order valence-corrected chi connectivity index (χ1v) is 4.94. The Morgan fingerprint density at radius 2 is 2.14 bits per heavy atom. The molecule has 2 nitrogen and oxygen atoms in total. The number of rotatable bonds is 2. The van der Waals surface area contributed by atoms with Crippen molar-refractivity contribution in [1.82, 2.24) is 4.98 Å². The molecule has 0 N–H and O–H groups in total. The van der Waals surface area contributed by atoms with Crippen LogP contribution in [0.2, 0.25) is 0 Å². The van der Waals surface area contributed by atoms with Crippen molar-refractivity contribution in [2.45, 2.75) is 24.7 Å². The van der Waals surface area contributed by atoms with Gasteiger partial charge in [-0.1, -0.05) is 0 Å². The van der Waals surface area contributed by atoms with Gasteiger partial charge in [-0.25, -0.2) is 4.98 Å². The molecule has 0 saturated heterocycles. The van der Waals surface area contributed by atoms with E-state index in [1.54, 1.807) is 6.07 Å². The Hall–Kier alpha value is -1.12. The van der Waals surface area contributed by atoms with Crippen LogP contribution in [0.25, 0.3) is 0 Å². The topological polar surface area (TPSA) is 22.1 Å². The third kappa shape index (κ3) is 0.873. The first-order valence-electron chi connectivity index (χ1n) is 4.94. The Labute approximate surface area is 82.1 Å². The Morgan fingerprint density at radius 3 is 2.57 bits per heavy atom. The van der Waals surface area contributed by atoms with Crippen LogP contribution >= 0.6 is 0 Å². The monoisotopic (exact) mass is 193 g/mol. The number of hydrogen-bond acceptors (Lipinski definition) is 2. The van der Waals surface area contributed by atoms with E-state index in [0.717, 1.165) is 11.6 Å². The number of aromatic nitrogens is 1. The molecule has 1 aromatic heterocycles. The van der Waals surface area contributed by atoms with Crippen LogP contribution in [0, 0.1) is 11.9 Å². The van der Waals surface area contributed by atoms with Gasteiger partial charge >= 0.3 is 0 Å². The lowest BCUT2D eigenvalue weighted by atomic mass is 9.43. The molecule has 0 aromatic carbocycles. The van der Waals surface area contributed by atoms with E-state index in [4.69, 9.17) is 4.74 Å². The Bertz CT molecular complexity index is 374. The van der Waals surface area contributed by atoms with Crippen LogP contribution in [0.1, 0.15) is 25.0 Å². The highest BCUT2D eigenvalue weighted by atomic mass is 19.1. The van der Waals surface area contributed by atoms with Gasteiger partial charge in [0.15, 0.2) is 5.75 Å². The van der Waals surface area contributed by atoms with E-state index in [0.29, 0.717) is 0 Å². The molecule has 3 aliphatic carbocycles. The van der Waals surface area contributed by atoms with Crippen molar-refractivity contribution in [1.29, 1.82) is 0 Å². The molecule has 0 atom stereocenters. The summed E-state index contributed by atoms with van der Waals surface area (Å²) in [6.07, 6.45) is 3.60. The normalized spacial score (nSPS) is 33.1. The Kier molecular flexibility index (Phi) is 1.45. The molecule has 3 aliphatic rings. The molecule has 1 aromatic rings. The molecule has 0 radical (unpaired) electrons. The van der Waals surface area contributed by atoms with E-state index in [2.05, 4.69) is 4.98 Å². The maximum absolute atomic E-state index is 13.3. The van der Waals surface area contributed by atoms with Gasteiger partial charge in [-0.05, 0) is 37.3 Å². The van der Waals surface area contributed by atoms with E-state index < -0.39 is 5.95 Å². The Morgan fingerprint density at radius 1 is 1.43 bits per heavy atom. The lowest BCUT2D eigenvalue weighted by Crippen LogP contribution is -2.55. The van der Waals surface area contributed by atoms with E-state index in [1.165, 1.54) is 26.4 Å². The molecule has 0 aliphatic heterocycles. The fourth-order valence-electron chi connectivity index (χ4n) is 2.66. The van der Waals surface area contributed by atoms with E-state index in [1.807, 2.05) is 6.07 Å². The smallest absolute Gasteiger partial charge is 0.255 e. The van der Waals surface area contributed by atoms with Crippen molar-refractivity contribution >= 4 is 0 Å². The maximum atomic E-state index is 13.3. The zero-order valence-corrected chi connectivity index (χ0v) is 8.09. The molecule has 1 heterocycles. The quantitative estimate of drug-likeness (QED) is 0.672. The van der Waals surface area contributed by atoms with Gasteiger partial charge in [0.1, 0.15) is 0 Å². The van der Waals surface area contributed by atoms with Gasteiger partial charge in [0.25, 0.3) is 5.95 Å². The summed E-state index contributed by atoms with van der Waals surface area (Å²) in [6, 6.07) is 3.58. The number of pyridine rings is 1. The van der Waals surface area contributed by atoms with Crippen molar-refractivity contribution in [3.05, 3.63) is 23.8 Å². The van der Waals surface area contributed by atoms with Crippen LogP contribution in [0.4, 0.5) is 4.39 Å². The maximum Gasteiger partial charge on any atom is 0.255 e. The largest absolute Gasteiger partial charge is 0.492 e. The molecule has 14 heavy (non-hydrogen) atoms. The molecule has 0 amide bonds. The summed E-state index contributed by atoms with van der Waals surface area (Å²) in [5.74, 6) is 0.650. The van der Waals surface area contributed by atoms with Crippen molar-refractivity contribution < 1.29 is 9.13 Å². The Balaban J connectivity index is 1.96. The lowest BCUT2D eigenvalue weighted by Gasteiger charge is -2.61. The highest BCUT2D eigenvalue weighted by Gasteiger charge is 2.58. The van der Waals surface area contributed by atoms with Gasteiger partial charge in [0.05, 0.1) is 12.8 Å². The summed E-state index contributed by atoms with van der Waals surface area (Å²) >= 11 is 0. The molecule has 3 heteroatoms. The molecule has 2 bridgehead atoms. The van der Waals surface area contributed by atoms with Crippen molar-refractivity contribution in [2.75, 3.05) is 7.11 Å². The second kappa shape index (κ2) is 2.47. The lowest BCUT2D eigenvalue weighted by molar-refractivity contribution is -0.0314. The van der Waals surface area contributed by atoms with Gasteiger partial charge in [0, 0.05) is 5.41 Å². The minimum absolute atomic E-state index is 0.234.